The monoisotopic (exact) mass is 315 g/mol. The van der Waals surface area contributed by atoms with Crippen LogP contribution in [0.4, 0.5) is 5.69 Å². The van der Waals surface area contributed by atoms with Crippen LogP contribution in [-0.4, -0.2) is 17.0 Å². The predicted octanol–water partition coefficient (Wildman–Crippen LogP) is 3.82. The van der Waals surface area contributed by atoms with E-state index < -0.39 is 5.97 Å². The van der Waals surface area contributed by atoms with Crippen molar-refractivity contribution in [2.24, 2.45) is 5.92 Å². The molecule has 0 saturated heterocycles. The topological polar surface area (TPSA) is 66.4 Å². The number of fused-ring (bicyclic) bond motifs is 1. The third kappa shape index (κ3) is 2.76. The molecule has 0 fully saturated rings. The molecule has 2 N–H and O–H groups in total. The summed E-state index contributed by atoms with van der Waals surface area (Å²) in [5.41, 5.74) is 2.26. The lowest BCUT2D eigenvalue weighted by Gasteiger charge is -2.19. The maximum Gasteiger partial charge on any atom is 0.337 e. The zero-order valence-electron chi connectivity index (χ0n) is 12.3. The van der Waals surface area contributed by atoms with Crippen LogP contribution in [0.1, 0.15) is 44.5 Å². The van der Waals surface area contributed by atoms with Crippen LogP contribution in [-0.2, 0) is 12.8 Å². The molecule has 1 aliphatic carbocycles. The molecule has 1 aromatic heterocycles. The van der Waals surface area contributed by atoms with Gasteiger partial charge in [0.15, 0.2) is 0 Å². The Morgan fingerprint density at radius 3 is 2.82 bits per heavy atom. The fourth-order valence-corrected chi connectivity index (χ4v) is 4.08. The number of thiophene rings is 1. The van der Waals surface area contributed by atoms with Gasteiger partial charge in [0.05, 0.1) is 16.8 Å². The number of hydrogen-bond donors (Lipinski definition) is 2. The third-order valence-electron chi connectivity index (χ3n) is 4.05. The number of carbonyl (C=O) groups excluding carboxylic acids is 1. The number of para-hydroxylation sites is 1. The summed E-state index contributed by atoms with van der Waals surface area (Å²) in [5.74, 6) is -0.604. The Morgan fingerprint density at radius 2 is 2.05 bits per heavy atom. The first-order valence-corrected chi connectivity index (χ1v) is 8.17. The minimum absolute atomic E-state index is 0.105. The lowest BCUT2D eigenvalue weighted by atomic mass is 9.88. The molecule has 0 bridgehead atoms. The van der Waals surface area contributed by atoms with Crippen LogP contribution in [0.3, 0.4) is 0 Å². The first-order chi connectivity index (χ1) is 10.6. The largest absolute Gasteiger partial charge is 0.478 e. The molecule has 1 amide bonds. The molecule has 3 rings (SSSR count). The van der Waals surface area contributed by atoms with E-state index in [1.165, 1.54) is 10.9 Å². The summed E-state index contributed by atoms with van der Waals surface area (Å²) in [7, 11) is 0. The molecule has 22 heavy (non-hydrogen) atoms. The average Bonchev–Trinajstić information content (AvgIpc) is 2.90. The standard InChI is InChI=1S/C17H17NO3S/c1-10-6-7-11-13(9-22-15(11)8-10)16(19)18-14-5-3-2-4-12(14)17(20)21/h2-5,9-10H,6-8H2,1H3,(H,18,19)(H,20,21)/t10-/m1/s1. The molecular weight excluding hydrogens is 298 g/mol. The van der Waals surface area contributed by atoms with Crippen molar-refractivity contribution < 1.29 is 14.7 Å². The molecule has 0 spiro atoms. The van der Waals surface area contributed by atoms with Gasteiger partial charge in [-0.15, -0.1) is 11.3 Å². The highest BCUT2D eigenvalue weighted by atomic mass is 32.1. The van der Waals surface area contributed by atoms with E-state index in [0.29, 0.717) is 17.2 Å². The van der Waals surface area contributed by atoms with Gasteiger partial charge >= 0.3 is 5.97 Å². The van der Waals surface area contributed by atoms with E-state index in [-0.39, 0.29) is 11.5 Å². The van der Waals surface area contributed by atoms with Crippen LogP contribution < -0.4 is 5.32 Å². The fourth-order valence-electron chi connectivity index (χ4n) is 2.84. The number of nitrogens with one attached hydrogen (secondary N) is 1. The fraction of sp³-hybridized carbons (Fsp3) is 0.294. The highest BCUT2D eigenvalue weighted by Gasteiger charge is 2.23. The second kappa shape index (κ2) is 5.93. The maximum atomic E-state index is 12.5. The van der Waals surface area contributed by atoms with Gasteiger partial charge in [-0.2, -0.15) is 0 Å². The van der Waals surface area contributed by atoms with E-state index in [1.807, 2.05) is 5.38 Å². The van der Waals surface area contributed by atoms with E-state index in [0.717, 1.165) is 24.8 Å². The molecule has 5 heteroatoms. The van der Waals surface area contributed by atoms with Gasteiger partial charge in [-0.05, 0) is 42.9 Å². The van der Waals surface area contributed by atoms with E-state index in [2.05, 4.69) is 12.2 Å². The molecule has 0 unspecified atom stereocenters. The molecule has 0 aliphatic heterocycles. The molecule has 2 aromatic rings. The zero-order valence-corrected chi connectivity index (χ0v) is 13.1. The first kappa shape index (κ1) is 14.8. The van der Waals surface area contributed by atoms with Gasteiger partial charge in [0.25, 0.3) is 5.91 Å². The second-order valence-corrected chi connectivity index (χ2v) is 6.67. The first-order valence-electron chi connectivity index (χ1n) is 7.29. The van der Waals surface area contributed by atoms with Crippen molar-refractivity contribution in [2.45, 2.75) is 26.2 Å². The molecular formula is C17H17NO3S. The number of carboxylic acid groups (broad SMARTS) is 1. The summed E-state index contributed by atoms with van der Waals surface area (Å²) in [6, 6.07) is 6.46. The molecule has 1 atom stereocenters. The molecule has 0 radical (unpaired) electrons. The molecule has 1 aliphatic rings. The Balaban J connectivity index is 1.86. The van der Waals surface area contributed by atoms with Crippen molar-refractivity contribution in [1.29, 1.82) is 0 Å². The number of carbonyl (C=O) groups is 2. The predicted molar refractivity (Wildman–Crippen MR) is 86.9 cm³/mol. The second-order valence-electron chi connectivity index (χ2n) is 5.70. The van der Waals surface area contributed by atoms with E-state index in [4.69, 9.17) is 0 Å². The van der Waals surface area contributed by atoms with Crippen LogP contribution in [0, 0.1) is 5.92 Å². The Morgan fingerprint density at radius 1 is 1.27 bits per heavy atom. The Kier molecular flexibility index (Phi) is 3.98. The van der Waals surface area contributed by atoms with Gasteiger partial charge in [-0.3, -0.25) is 4.79 Å². The Labute approximate surface area is 132 Å². The number of hydrogen-bond acceptors (Lipinski definition) is 3. The van der Waals surface area contributed by atoms with Gasteiger partial charge in [-0.1, -0.05) is 19.1 Å². The molecule has 114 valence electrons. The Hall–Kier alpha value is -2.14. The molecule has 1 aromatic carbocycles. The normalized spacial score (nSPS) is 16.9. The van der Waals surface area contributed by atoms with Crippen molar-refractivity contribution in [1.82, 2.24) is 0 Å². The molecule has 4 nitrogen and oxygen atoms in total. The number of aromatic carboxylic acids is 1. The van der Waals surface area contributed by atoms with Crippen molar-refractivity contribution in [3.05, 3.63) is 51.2 Å². The van der Waals surface area contributed by atoms with Crippen molar-refractivity contribution in [3.63, 3.8) is 0 Å². The summed E-state index contributed by atoms with van der Waals surface area (Å²) in [6.45, 7) is 2.23. The number of rotatable bonds is 3. The number of anilines is 1. The summed E-state index contributed by atoms with van der Waals surface area (Å²) in [6.07, 6.45) is 3.04. The molecule has 0 saturated carbocycles. The van der Waals surface area contributed by atoms with Crippen LogP contribution in [0.25, 0.3) is 0 Å². The van der Waals surface area contributed by atoms with Crippen LogP contribution in [0.15, 0.2) is 29.6 Å². The smallest absolute Gasteiger partial charge is 0.337 e. The maximum absolute atomic E-state index is 12.5. The highest BCUT2D eigenvalue weighted by molar-refractivity contribution is 7.10. The SMILES string of the molecule is C[C@@H]1CCc2c(C(=O)Nc3ccccc3C(=O)O)csc2C1. The number of carboxylic acids is 1. The summed E-state index contributed by atoms with van der Waals surface area (Å²) >= 11 is 1.63. The number of amides is 1. The van der Waals surface area contributed by atoms with E-state index in [1.54, 1.807) is 29.5 Å². The van der Waals surface area contributed by atoms with Crippen molar-refractivity contribution in [3.8, 4) is 0 Å². The lowest BCUT2D eigenvalue weighted by molar-refractivity contribution is 0.0698. The van der Waals surface area contributed by atoms with Gasteiger partial charge in [0.1, 0.15) is 0 Å². The van der Waals surface area contributed by atoms with Gasteiger partial charge in [-0.25, -0.2) is 4.79 Å². The molecule has 1 heterocycles. The van der Waals surface area contributed by atoms with Crippen LogP contribution in [0.2, 0.25) is 0 Å². The third-order valence-corrected chi connectivity index (χ3v) is 5.10. The van der Waals surface area contributed by atoms with Gasteiger partial charge in [0.2, 0.25) is 0 Å². The highest BCUT2D eigenvalue weighted by Crippen LogP contribution is 2.33. The summed E-state index contributed by atoms with van der Waals surface area (Å²) < 4.78 is 0. The quantitative estimate of drug-likeness (QED) is 0.904. The van der Waals surface area contributed by atoms with Crippen LogP contribution in [0.5, 0.6) is 0 Å². The zero-order chi connectivity index (χ0) is 15.7. The number of benzene rings is 1. The van der Waals surface area contributed by atoms with Gasteiger partial charge in [0, 0.05) is 10.3 Å². The summed E-state index contributed by atoms with van der Waals surface area (Å²) in [5, 5.41) is 13.8. The van der Waals surface area contributed by atoms with Crippen LogP contribution >= 0.6 is 11.3 Å². The minimum Gasteiger partial charge on any atom is -0.478 e. The van der Waals surface area contributed by atoms with Crippen molar-refractivity contribution in [2.75, 3.05) is 5.32 Å². The minimum atomic E-state index is -1.04. The van der Waals surface area contributed by atoms with Crippen molar-refractivity contribution >= 4 is 28.9 Å². The average molecular weight is 315 g/mol. The Bertz CT molecular complexity index is 735. The van der Waals surface area contributed by atoms with E-state index >= 15 is 0 Å². The lowest BCUT2D eigenvalue weighted by Crippen LogP contribution is -2.18. The summed E-state index contributed by atoms with van der Waals surface area (Å²) in [4.78, 5) is 25.0. The van der Waals surface area contributed by atoms with E-state index in [9.17, 15) is 14.7 Å². The van der Waals surface area contributed by atoms with Gasteiger partial charge < -0.3 is 10.4 Å².